The highest BCUT2D eigenvalue weighted by atomic mass is 32.1. The summed E-state index contributed by atoms with van der Waals surface area (Å²) in [4.78, 5) is 5.45. The Kier molecular flexibility index (Phi) is 5.16. The maximum Gasteiger partial charge on any atom is 0.145 e. The minimum Gasteiger partial charge on any atom is -0.455 e. The number of fused-ring (bicyclic) bond motifs is 10. The molecule has 0 fully saturated rings. The molecule has 0 aliphatic rings. The van der Waals surface area contributed by atoms with Crippen LogP contribution in [0.3, 0.4) is 0 Å². The number of thiophene rings is 1. The molecular formula is C41H24N2OS. The molecule has 0 saturated carbocycles. The smallest absolute Gasteiger partial charge is 0.145 e. The van der Waals surface area contributed by atoms with Crippen LogP contribution in [-0.2, 0) is 0 Å². The summed E-state index contributed by atoms with van der Waals surface area (Å²) in [7, 11) is 0. The predicted molar refractivity (Wildman–Crippen MR) is 190 cm³/mol. The Balaban J connectivity index is 1.31. The Labute approximate surface area is 262 Å². The van der Waals surface area contributed by atoms with Gasteiger partial charge in [0.1, 0.15) is 17.0 Å². The average molecular weight is 593 g/mol. The monoisotopic (exact) mass is 592 g/mol. The summed E-state index contributed by atoms with van der Waals surface area (Å²) < 4.78 is 11.4. The molecule has 210 valence electrons. The SMILES string of the molecule is c1ccc(-c2cc(-c3cccc4c3sc3ccccc34)nc(-n3c4ccccc4c4c5oc6ccccc6c5ccc43)c2)cc1. The summed E-state index contributed by atoms with van der Waals surface area (Å²) in [5.74, 6) is 0.881. The van der Waals surface area contributed by atoms with Crippen LogP contribution in [-0.4, -0.2) is 9.55 Å². The summed E-state index contributed by atoms with van der Waals surface area (Å²) in [5.41, 5.74) is 8.39. The van der Waals surface area contributed by atoms with Crippen LogP contribution < -0.4 is 0 Å². The van der Waals surface area contributed by atoms with Gasteiger partial charge in [-0.25, -0.2) is 4.98 Å². The molecule has 0 aliphatic carbocycles. The topological polar surface area (TPSA) is 31.0 Å². The van der Waals surface area contributed by atoms with Crippen LogP contribution in [0.5, 0.6) is 0 Å². The molecule has 0 atom stereocenters. The van der Waals surface area contributed by atoms with Gasteiger partial charge in [-0.05, 0) is 53.6 Å². The first-order valence-corrected chi connectivity index (χ1v) is 16.0. The van der Waals surface area contributed by atoms with E-state index in [4.69, 9.17) is 9.40 Å². The molecule has 6 aromatic carbocycles. The number of furan rings is 1. The van der Waals surface area contributed by atoms with Crippen LogP contribution >= 0.6 is 11.3 Å². The molecule has 4 aromatic heterocycles. The van der Waals surface area contributed by atoms with Gasteiger partial charge in [-0.2, -0.15) is 0 Å². The van der Waals surface area contributed by atoms with E-state index in [1.165, 1.54) is 20.2 Å². The Morgan fingerprint density at radius 1 is 0.533 bits per heavy atom. The van der Waals surface area contributed by atoms with Gasteiger partial charge in [0.05, 0.1) is 22.1 Å². The largest absolute Gasteiger partial charge is 0.455 e. The van der Waals surface area contributed by atoms with Crippen molar-refractivity contribution in [2.24, 2.45) is 0 Å². The summed E-state index contributed by atoms with van der Waals surface area (Å²) in [6.45, 7) is 0. The highest BCUT2D eigenvalue weighted by molar-refractivity contribution is 7.26. The van der Waals surface area contributed by atoms with E-state index in [9.17, 15) is 0 Å². The molecule has 45 heavy (non-hydrogen) atoms. The molecule has 0 radical (unpaired) electrons. The van der Waals surface area contributed by atoms with Crippen molar-refractivity contribution in [3.63, 3.8) is 0 Å². The first-order valence-electron chi connectivity index (χ1n) is 15.1. The van der Waals surface area contributed by atoms with E-state index in [-0.39, 0.29) is 0 Å². The summed E-state index contributed by atoms with van der Waals surface area (Å²) >= 11 is 1.84. The van der Waals surface area contributed by atoms with Crippen LogP contribution in [0, 0.1) is 0 Å². The van der Waals surface area contributed by atoms with Gasteiger partial charge in [0.25, 0.3) is 0 Å². The van der Waals surface area contributed by atoms with Crippen LogP contribution in [0.1, 0.15) is 0 Å². The van der Waals surface area contributed by atoms with E-state index in [0.29, 0.717) is 0 Å². The Hall–Kier alpha value is -5.71. The molecule has 0 N–H and O–H groups in total. The zero-order valence-electron chi connectivity index (χ0n) is 24.1. The Morgan fingerprint density at radius 2 is 1.29 bits per heavy atom. The van der Waals surface area contributed by atoms with E-state index in [2.05, 4.69) is 138 Å². The number of aromatic nitrogens is 2. The molecule has 0 saturated heterocycles. The van der Waals surface area contributed by atoms with Gasteiger partial charge in [-0.3, -0.25) is 4.57 Å². The lowest BCUT2D eigenvalue weighted by molar-refractivity contribution is 0.673. The summed E-state index contributed by atoms with van der Waals surface area (Å²) in [5, 5.41) is 7.08. The Bertz CT molecular complexity index is 2770. The van der Waals surface area contributed by atoms with E-state index < -0.39 is 0 Å². The number of rotatable bonds is 3. The second-order valence-corrected chi connectivity index (χ2v) is 12.6. The highest BCUT2D eigenvalue weighted by Gasteiger charge is 2.21. The van der Waals surface area contributed by atoms with Crippen LogP contribution in [0.4, 0.5) is 0 Å². The number of para-hydroxylation sites is 2. The first-order chi connectivity index (χ1) is 22.3. The van der Waals surface area contributed by atoms with Crippen molar-refractivity contribution < 1.29 is 4.42 Å². The maximum atomic E-state index is 6.55. The van der Waals surface area contributed by atoms with Crippen molar-refractivity contribution in [2.45, 2.75) is 0 Å². The van der Waals surface area contributed by atoms with E-state index >= 15 is 0 Å². The molecule has 3 nitrogen and oxygen atoms in total. The lowest BCUT2D eigenvalue weighted by Gasteiger charge is -2.13. The fourth-order valence-electron chi connectivity index (χ4n) is 7.00. The normalized spacial score (nSPS) is 12.0. The number of pyridine rings is 1. The minimum absolute atomic E-state index is 0.881. The molecule has 4 heteroatoms. The van der Waals surface area contributed by atoms with Gasteiger partial charge >= 0.3 is 0 Å². The van der Waals surface area contributed by atoms with Crippen molar-refractivity contribution in [1.82, 2.24) is 9.55 Å². The third-order valence-corrected chi connectivity index (χ3v) is 10.2. The maximum absolute atomic E-state index is 6.55. The summed E-state index contributed by atoms with van der Waals surface area (Å²) in [6.07, 6.45) is 0. The van der Waals surface area contributed by atoms with Crippen molar-refractivity contribution in [2.75, 3.05) is 0 Å². The van der Waals surface area contributed by atoms with Crippen molar-refractivity contribution >= 4 is 75.3 Å². The summed E-state index contributed by atoms with van der Waals surface area (Å²) in [6, 6.07) is 51.6. The minimum atomic E-state index is 0.881. The fraction of sp³-hybridized carbons (Fsp3) is 0. The van der Waals surface area contributed by atoms with Gasteiger partial charge in [-0.15, -0.1) is 11.3 Å². The highest BCUT2D eigenvalue weighted by Crippen LogP contribution is 2.43. The van der Waals surface area contributed by atoms with Gasteiger partial charge in [0.2, 0.25) is 0 Å². The molecule has 10 aromatic rings. The molecule has 10 rings (SSSR count). The molecule has 4 heterocycles. The molecule has 0 spiro atoms. The number of benzene rings is 6. The van der Waals surface area contributed by atoms with Crippen molar-refractivity contribution in [1.29, 1.82) is 0 Å². The second-order valence-electron chi connectivity index (χ2n) is 11.5. The third-order valence-electron chi connectivity index (χ3n) is 9.01. The van der Waals surface area contributed by atoms with Crippen LogP contribution in [0.25, 0.3) is 92.1 Å². The standard InChI is InChI=1S/C41H24N2OS/c1-2-11-25(12-3-1)26-23-33(31-17-10-16-30-28-14-6-9-20-37(28)45-41(30)31)42-38(24-26)43-34-18-7-4-15-32(34)39-35(43)22-21-29-27-13-5-8-19-36(27)44-40(29)39/h1-24H. The Morgan fingerprint density at radius 3 is 2.20 bits per heavy atom. The first kappa shape index (κ1) is 24.7. The second kappa shape index (κ2) is 9.39. The third kappa shape index (κ3) is 3.60. The molecule has 0 unspecified atom stereocenters. The molecular weight excluding hydrogens is 569 g/mol. The van der Waals surface area contributed by atoms with Crippen molar-refractivity contribution in [3.8, 4) is 28.2 Å². The van der Waals surface area contributed by atoms with Gasteiger partial charge < -0.3 is 4.42 Å². The molecule has 0 bridgehead atoms. The van der Waals surface area contributed by atoms with Crippen LogP contribution in [0.15, 0.2) is 150 Å². The van der Waals surface area contributed by atoms with Gasteiger partial charge in [-0.1, -0.05) is 103 Å². The lowest BCUT2D eigenvalue weighted by atomic mass is 10.0. The lowest BCUT2D eigenvalue weighted by Crippen LogP contribution is -2.00. The number of nitrogens with zero attached hydrogens (tertiary/aromatic N) is 2. The van der Waals surface area contributed by atoms with E-state index in [1.54, 1.807) is 0 Å². The fourth-order valence-corrected chi connectivity index (χ4v) is 8.22. The van der Waals surface area contributed by atoms with Gasteiger partial charge in [0, 0.05) is 41.9 Å². The van der Waals surface area contributed by atoms with Crippen molar-refractivity contribution in [3.05, 3.63) is 146 Å². The quantitative estimate of drug-likeness (QED) is 0.204. The molecule has 0 aliphatic heterocycles. The number of hydrogen-bond donors (Lipinski definition) is 0. The predicted octanol–water partition coefficient (Wildman–Crippen LogP) is 11.8. The number of hydrogen-bond acceptors (Lipinski definition) is 3. The van der Waals surface area contributed by atoms with Crippen LogP contribution in [0.2, 0.25) is 0 Å². The average Bonchev–Trinajstić information content (AvgIpc) is 3.78. The molecule has 0 amide bonds. The zero-order valence-corrected chi connectivity index (χ0v) is 24.9. The van der Waals surface area contributed by atoms with E-state index in [0.717, 1.165) is 71.9 Å². The zero-order chi connectivity index (χ0) is 29.5. The van der Waals surface area contributed by atoms with Gasteiger partial charge in [0.15, 0.2) is 0 Å². The van der Waals surface area contributed by atoms with E-state index in [1.807, 2.05) is 23.5 Å².